The number of alkyl halides is 3. The number of hydrogen-bond acceptors (Lipinski definition) is 5. The molecule has 0 radical (unpaired) electrons. The third-order valence-electron chi connectivity index (χ3n) is 3.54. The Labute approximate surface area is 159 Å². The van der Waals surface area contributed by atoms with Crippen LogP contribution < -0.4 is 16.0 Å². The van der Waals surface area contributed by atoms with Crippen molar-refractivity contribution in [2.24, 2.45) is 0 Å². The van der Waals surface area contributed by atoms with Gasteiger partial charge in [-0.3, -0.25) is 5.32 Å². The van der Waals surface area contributed by atoms with Gasteiger partial charge in [-0.25, -0.2) is 9.78 Å². The molecule has 1 aromatic carbocycles. The van der Waals surface area contributed by atoms with Gasteiger partial charge in [0.1, 0.15) is 11.6 Å². The van der Waals surface area contributed by atoms with Gasteiger partial charge in [0.25, 0.3) is 0 Å². The number of ketones is 1. The second-order valence-electron chi connectivity index (χ2n) is 6.11. The van der Waals surface area contributed by atoms with Gasteiger partial charge in [0, 0.05) is 30.4 Å². The number of aryl methyl sites for hydroxylation is 1. The largest absolute Gasteiger partial charge is 0.416 e. The first-order valence-electron chi connectivity index (χ1n) is 8.48. The Bertz CT molecular complexity index is 855. The Morgan fingerprint density at radius 3 is 2.54 bits per heavy atom. The topological polar surface area (TPSA) is 96.0 Å². The minimum atomic E-state index is -4.50. The van der Waals surface area contributed by atoms with Gasteiger partial charge in [0.2, 0.25) is 5.95 Å². The quantitative estimate of drug-likeness (QED) is 0.610. The molecule has 10 heteroatoms. The molecular weight excluding hydrogens is 375 g/mol. The van der Waals surface area contributed by atoms with Crippen molar-refractivity contribution < 1.29 is 22.8 Å². The molecule has 0 unspecified atom stereocenters. The van der Waals surface area contributed by atoms with E-state index in [1.165, 1.54) is 19.1 Å². The minimum absolute atomic E-state index is 0.00135. The highest BCUT2D eigenvalue weighted by Crippen LogP contribution is 2.30. The average Bonchev–Trinajstić information content (AvgIpc) is 2.57. The number of Topliss-reactive ketones (excluding diaryl/α,β-unsaturated/α-hetero) is 1. The Kier molecular flexibility index (Phi) is 6.91. The number of nitrogens with zero attached hydrogens (tertiary/aromatic N) is 2. The van der Waals surface area contributed by atoms with Gasteiger partial charge in [-0.05, 0) is 38.5 Å². The van der Waals surface area contributed by atoms with E-state index in [0.29, 0.717) is 30.9 Å². The summed E-state index contributed by atoms with van der Waals surface area (Å²) in [7, 11) is 0. The number of urea groups is 1. The molecule has 0 aliphatic carbocycles. The number of amides is 2. The zero-order chi connectivity index (χ0) is 20.7. The monoisotopic (exact) mass is 395 g/mol. The lowest BCUT2D eigenvalue weighted by molar-refractivity contribution is -0.137. The molecule has 0 saturated heterocycles. The Morgan fingerprint density at radius 1 is 1.11 bits per heavy atom. The number of rotatable bonds is 7. The second-order valence-corrected chi connectivity index (χ2v) is 6.11. The molecule has 0 aliphatic rings. The fraction of sp³-hybridized carbons (Fsp3) is 0.333. The van der Waals surface area contributed by atoms with Gasteiger partial charge in [0.15, 0.2) is 0 Å². The van der Waals surface area contributed by atoms with Crippen LogP contribution in [0.25, 0.3) is 0 Å². The van der Waals surface area contributed by atoms with E-state index in [1.54, 1.807) is 13.0 Å². The molecule has 0 aliphatic heterocycles. The molecule has 2 rings (SSSR count). The lowest BCUT2D eigenvalue weighted by Crippen LogP contribution is -2.21. The lowest BCUT2D eigenvalue weighted by atomic mass is 10.2. The molecule has 1 heterocycles. The summed E-state index contributed by atoms with van der Waals surface area (Å²) in [5.41, 5.74) is -0.296. The summed E-state index contributed by atoms with van der Waals surface area (Å²) in [5.74, 6) is 0.554. The molecule has 0 saturated carbocycles. The number of carbonyl (C=O) groups excluding carboxylic acids is 2. The molecule has 0 fully saturated rings. The van der Waals surface area contributed by atoms with Crippen LogP contribution in [0, 0.1) is 6.92 Å². The van der Waals surface area contributed by atoms with Crippen molar-refractivity contribution >= 4 is 29.3 Å². The number of benzene rings is 1. The predicted octanol–water partition coefficient (Wildman–Crippen LogP) is 4.23. The zero-order valence-corrected chi connectivity index (χ0v) is 15.4. The number of aromatic nitrogens is 2. The molecular formula is C18H20F3N5O2. The predicted molar refractivity (Wildman–Crippen MR) is 99.3 cm³/mol. The zero-order valence-electron chi connectivity index (χ0n) is 15.4. The first-order chi connectivity index (χ1) is 13.1. The van der Waals surface area contributed by atoms with Gasteiger partial charge in [-0.15, -0.1) is 0 Å². The second kappa shape index (κ2) is 9.16. The van der Waals surface area contributed by atoms with E-state index in [0.717, 1.165) is 12.1 Å². The third-order valence-corrected chi connectivity index (χ3v) is 3.54. The molecule has 7 nitrogen and oxygen atoms in total. The van der Waals surface area contributed by atoms with E-state index in [9.17, 15) is 22.8 Å². The fourth-order valence-electron chi connectivity index (χ4n) is 2.31. The molecule has 0 spiro atoms. The maximum Gasteiger partial charge on any atom is 0.416 e. The van der Waals surface area contributed by atoms with Gasteiger partial charge in [0.05, 0.1) is 5.56 Å². The van der Waals surface area contributed by atoms with E-state index >= 15 is 0 Å². The first-order valence-corrected chi connectivity index (χ1v) is 8.48. The average molecular weight is 395 g/mol. The van der Waals surface area contributed by atoms with Crippen LogP contribution in [0.15, 0.2) is 30.3 Å². The standard InChI is InChI=1S/C18H20F3N5O2/c1-11-9-15(22-8-4-5-12(2)27)25-16(23-11)26-17(28)24-14-7-3-6-13(10-14)18(19,20)21/h3,6-7,9-10H,4-5,8H2,1-2H3,(H3,22,23,24,25,26,28). The van der Waals surface area contributed by atoms with Gasteiger partial charge < -0.3 is 15.4 Å². The van der Waals surface area contributed by atoms with Gasteiger partial charge in [-0.1, -0.05) is 6.07 Å². The van der Waals surface area contributed by atoms with E-state index in [1.807, 2.05) is 0 Å². The summed E-state index contributed by atoms with van der Waals surface area (Å²) in [6, 6.07) is 5.19. The van der Waals surface area contributed by atoms with Crippen molar-refractivity contribution in [3.8, 4) is 0 Å². The summed E-state index contributed by atoms with van der Waals surface area (Å²) >= 11 is 0. The normalized spacial score (nSPS) is 11.0. The van der Waals surface area contributed by atoms with Crippen molar-refractivity contribution in [3.63, 3.8) is 0 Å². The summed E-state index contributed by atoms with van der Waals surface area (Å²) in [4.78, 5) is 31.2. The van der Waals surface area contributed by atoms with E-state index < -0.39 is 17.8 Å². The molecule has 150 valence electrons. The van der Waals surface area contributed by atoms with Crippen LogP contribution in [-0.4, -0.2) is 28.3 Å². The molecule has 0 atom stereocenters. The number of anilines is 3. The Morgan fingerprint density at radius 2 is 1.86 bits per heavy atom. The minimum Gasteiger partial charge on any atom is -0.370 e. The van der Waals surface area contributed by atoms with Crippen molar-refractivity contribution in [2.75, 3.05) is 22.5 Å². The number of carbonyl (C=O) groups is 2. The number of halogens is 3. The van der Waals surface area contributed by atoms with Crippen molar-refractivity contribution in [2.45, 2.75) is 32.9 Å². The Balaban J connectivity index is 1.99. The van der Waals surface area contributed by atoms with Crippen molar-refractivity contribution in [1.29, 1.82) is 0 Å². The SMILES string of the molecule is CC(=O)CCCNc1cc(C)nc(NC(=O)Nc2cccc(C(F)(F)F)c2)n1. The maximum absolute atomic E-state index is 12.7. The third kappa shape index (κ3) is 6.86. The highest BCUT2D eigenvalue weighted by atomic mass is 19.4. The van der Waals surface area contributed by atoms with Crippen LogP contribution in [0.5, 0.6) is 0 Å². The molecule has 3 N–H and O–H groups in total. The number of hydrogen-bond donors (Lipinski definition) is 3. The summed E-state index contributed by atoms with van der Waals surface area (Å²) < 4.78 is 38.2. The fourth-order valence-corrected chi connectivity index (χ4v) is 2.31. The summed E-state index contributed by atoms with van der Waals surface area (Å²) in [5, 5.41) is 7.74. The smallest absolute Gasteiger partial charge is 0.370 e. The van der Waals surface area contributed by atoms with Crippen LogP contribution in [0.1, 0.15) is 31.0 Å². The van der Waals surface area contributed by atoms with Crippen molar-refractivity contribution in [1.82, 2.24) is 9.97 Å². The first kappa shape index (κ1) is 21.1. The van der Waals surface area contributed by atoms with E-state index in [-0.39, 0.29) is 17.4 Å². The molecule has 28 heavy (non-hydrogen) atoms. The van der Waals surface area contributed by atoms with Crippen LogP contribution in [0.2, 0.25) is 0 Å². The van der Waals surface area contributed by atoms with Crippen LogP contribution in [0.3, 0.4) is 0 Å². The molecule has 2 aromatic rings. The Hall–Kier alpha value is -3.17. The lowest BCUT2D eigenvalue weighted by Gasteiger charge is -2.11. The molecule has 2 amide bonds. The maximum atomic E-state index is 12.7. The molecule has 0 bridgehead atoms. The van der Waals surface area contributed by atoms with Crippen LogP contribution in [0.4, 0.5) is 35.4 Å². The number of nitrogens with one attached hydrogen (secondary N) is 3. The van der Waals surface area contributed by atoms with Gasteiger partial charge >= 0.3 is 12.2 Å². The van der Waals surface area contributed by atoms with Crippen LogP contribution >= 0.6 is 0 Å². The highest BCUT2D eigenvalue weighted by Gasteiger charge is 2.30. The van der Waals surface area contributed by atoms with E-state index in [4.69, 9.17) is 0 Å². The molecule has 1 aromatic heterocycles. The van der Waals surface area contributed by atoms with Crippen molar-refractivity contribution in [3.05, 3.63) is 41.6 Å². The van der Waals surface area contributed by atoms with E-state index in [2.05, 4.69) is 25.9 Å². The summed E-state index contributed by atoms with van der Waals surface area (Å²) in [6.45, 7) is 3.74. The van der Waals surface area contributed by atoms with Crippen LogP contribution in [-0.2, 0) is 11.0 Å². The summed E-state index contributed by atoms with van der Waals surface area (Å²) in [6.07, 6.45) is -3.42. The highest BCUT2D eigenvalue weighted by molar-refractivity contribution is 5.98. The van der Waals surface area contributed by atoms with Gasteiger partial charge in [-0.2, -0.15) is 18.2 Å².